The molecular weight excluding hydrogens is 226 g/mol. The standard InChI is InChI=1S/C11H17NO3S/c1-11(10(14)15,8-2-3-8)12-9(13)7-4-5-16-6-7/h7-8H,2-6H2,1H3,(H,12,13)(H,14,15). The van der Waals surface area contributed by atoms with Gasteiger partial charge in [0.1, 0.15) is 5.54 Å². The number of amides is 1. The van der Waals surface area contributed by atoms with Crippen LogP contribution in [0.2, 0.25) is 0 Å². The molecule has 90 valence electrons. The van der Waals surface area contributed by atoms with Crippen LogP contribution in [0.1, 0.15) is 26.2 Å². The molecule has 0 aromatic carbocycles. The summed E-state index contributed by atoms with van der Waals surface area (Å²) in [6.07, 6.45) is 2.68. The van der Waals surface area contributed by atoms with Crippen molar-refractivity contribution in [2.75, 3.05) is 11.5 Å². The van der Waals surface area contributed by atoms with E-state index in [1.54, 1.807) is 18.7 Å². The maximum atomic E-state index is 11.9. The largest absolute Gasteiger partial charge is 0.480 e. The third kappa shape index (κ3) is 2.19. The fraction of sp³-hybridized carbons (Fsp3) is 0.818. The van der Waals surface area contributed by atoms with Crippen molar-refractivity contribution in [3.63, 3.8) is 0 Å². The molecule has 2 rings (SSSR count). The van der Waals surface area contributed by atoms with E-state index in [-0.39, 0.29) is 17.7 Å². The Kier molecular flexibility index (Phi) is 3.15. The molecule has 1 heterocycles. The second kappa shape index (κ2) is 4.28. The number of thioether (sulfide) groups is 1. The first-order valence-corrected chi connectivity index (χ1v) is 6.82. The van der Waals surface area contributed by atoms with Crippen molar-refractivity contribution >= 4 is 23.6 Å². The second-order valence-corrected chi connectivity index (χ2v) is 5.98. The van der Waals surface area contributed by atoms with Crippen LogP contribution >= 0.6 is 11.8 Å². The number of rotatable bonds is 4. The predicted octanol–water partition coefficient (Wildman–Crippen LogP) is 1.11. The van der Waals surface area contributed by atoms with E-state index in [1.807, 2.05) is 0 Å². The number of hydrogen-bond donors (Lipinski definition) is 2. The van der Waals surface area contributed by atoms with Crippen LogP contribution in [0.3, 0.4) is 0 Å². The maximum Gasteiger partial charge on any atom is 0.329 e. The topological polar surface area (TPSA) is 66.4 Å². The molecule has 1 amide bonds. The van der Waals surface area contributed by atoms with Crippen LogP contribution in [-0.4, -0.2) is 34.0 Å². The second-order valence-electron chi connectivity index (χ2n) is 4.83. The Morgan fingerprint density at radius 2 is 2.06 bits per heavy atom. The number of hydrogen-bond acceptors (Lipinski definition) is 3. The third-order valence-corrected chi connectivity index (χ3v) is 4.68. The highest BCUT2D eigenvalue weighted by Gasteiger charge is 2.49. The zero-order valence-corrected chi connectivity index (χ0v) is 10.2. The van der Waals surface area contributed by atoms with Crippen LogP contribution < -0.4 is 5.32 Å². The summed E-state index contributed by atoms with van der Waals surface area (Å²) < 4.78 is 0. The Morgan fingerprint density at radius 3 is 2.50 bits per heavy atom. The van der Waals surface area contributed by atoms with Gasteiger partial charge in [-0.15, -0.1) is 0 Å². The number of nitrogens with one attached hydrogen (secondary N) is 1. The van der Waals surface area contributed by atoms with Gasteiger partial charge in [-0.05, 0) is 37.9 Å². The van der Waals surface area contributed by atoms with Gasteiger partial charge in [-0.2, -0.15) is 11.8 Å². The van der Waals surface area contributed by atoms with Gasteiger partial charge in [0.15, 0.2) is 0 Å². The van der Waals surface area contributed by atoms with Crippen LogP contribution in [0.15, 0.2) is 0 Å². The Morgan fingerprint density at radius 1 is 1.38 bits per heavy atom. The molecule has 0 bridgehead atoms. The monoisotopic (exact) mass is 243 g/mol. The fourth-order valence-electron chi connectivity index (χ4n) is 2.09. The molecule has 2 unspecified atom stereocenters. The molecule has 0 spiro atoms. The summed E-state index contributed by atoms with van der Waals surface area (Å²) in [5, 5.41) is 12.0. The van der Waals surface area contributed by atoms with Gasteiger partial charge in [0.05, 0.1) is 0 Å². The summed E-state index contributed by atoms with van der Waals surface area (Å²) in [5.41, 5.74) is -1.05. The Bertz CT molecular complexity index is 310. The number of carboxylic acid groups (broad SMARTS) is 1. The summed E-state index contributed by atoms with van der Waals surface area (Å²) in [7, 11) is 0. The highest BCUT2D eigenvalue weighted by atomic mass is 32.2. The highest BCUT2D eigenvalue weighted by molar-refractivity contribution is 7.99. The van der Waals surface area contributed by atoms with E-state index < -0.39 is 11.5 Å². The molecule has 0 radical (unpaired) electrons. The molecule has 0 aromatic rings. The van der Waals surface area contributed by atoms with E-state index in [0.29, 0.717) is 0 Å². The van der Waals surface area contributed by atoms with Gasteiger partial charge < -0.3 is 10.4 Å². The Balaban J connectivity index is 2.00. The SMILES string of the molecule is CC(NC(=O)C1CCSC1)(C(=O)O)C1CC1. The molecule has 4 nitrogen and oxygen atoms in total. The normalized spacial score (nSPS) is 28.4. The smallest absolute Gasteiger partial charge is 0.329 e. The van der Waals surface area contributed by atoms with Gasteiger partial charge in [0.25, 0.3) is 0 Å². The maximum absolute atomic E-state index is 11.9. The minimum absolute atomic E-state index is 0.00225. The number of carbonyl (C=O) groups excluding carboxylic acids is 1. The number of carbonyl (C=O) groups is 2. The quantitative estimate of drug-likeness (QED) is 0.776. The molecule has 2 atom stereocenters. The lowest BCUT2D eigenvalue weighted by Gasteiger charge is -2.27. The van der Waals surface area contributed by atoms with Gasteiger partial charge in [-0.3, -0.25) is 4.79 Å². The van der Waals surface area contributed by atoms with E-state index in [1.165, 1.54) is 0 Å². The van der Waals surface area contributed by atoms with E-state index in [4.69, 9.17) is 0 Å². The molecule has 1 aliphatic carbocycles. The van der Waals surface area contributed by atoms with Crippen molar-refractivity contribution in [2.24, 2.45) is 11.8 Å². The summed E-state index contributed by atoms with van der Waals surface area (Å²) in [6.45, 7) is 1.63. The van der Waals surface area contributed by atoms with E-state index in [9.17, 15) is 14.7 Å². The van der Waals surface area contributed by atoms with Gasteiger partial charge in [0, 0.05) is 11.7 Å². The Labute approximate surface area is 99.2 Å². The minimum atomic E-state index is -1.05. The van der Waals surface area contributed by atoms with Crippen molar-refractivity contribution in [3.8, 4) is 0 Å². The fourth-order valence-corrected chi connectivity index (χ4v) is 3.31. The predicted molar refractivity (Wildman–Crippen MR) is 62.3 cm³/mol. The zero-order valence-electron chi connectivity index (χ0n) is 9.36. The average molecular weight is 243 g/mol. The molecule has 2 N–H and O–H groups in total. The summed E-state index contributed by atoms with van der Waals surface area (Å²) in [4.78, 5) is 23.1. The first kappa shape index (κ1) is 11.8. The molecule has 5 heteroatoms. The van der Waals surface area contributed by atoms with E-state index in [2.05, 4.69) is 5.32 Å². The van der Waals surface area contributed by atoms with Crippen LogP contribution in [0.5, 0.6) is 0 Å². The molecule has 1 aliphatic heterocycles. The van der Waals surface area contributed by atoms with E-state index in [0.717, 1.165) is 30.8 Å². The van der Waals surface area contributed by atoms with Crippen molar-refractivity contribution in [3.05, 3.63) is 0 Å². The summed E-state index contributed by atoms with van der Waals surface area (Å²) in [6, 6.07) is 0. The van der Waals surface area contributed by atoms with Crippen molar-refractivity contribution in [2.45, 2.75) is 31.7 Å². The molecule has 2 aliphatic rings. The van der Waals surface area contributed by atoms with Gasteiger partial charge in [-0.1, -0.05) is 0 Å². The van der Waals surface area contributed by atoms with Crippen LogP contribution in [0, 0.1) is 11.8 Å². The zero-order chi connectivity index (χ0) is 11.8. The third-order valence-electron chi connectivity index (χ3n) is 3.52. The summed E-state index contributed by atoms with van der Waals surface area (Å²) >= 11 is 1.76. The molecule has 2 fully saturated rings. The minimum Gasteiger partial charge on any atom is -0.480 e. The molecule has 16 heavy (non-hydrogen) atoms. The number of aliphatic carboxylic acids is 1. The van der Waals surface area contributed by atoms with E-state index >= 15 is 0 Å². The lowest BCUT2D eigenvalue weighted by atomic mass is 9.94. The molecule has 1 saturated heterocycles. The first-order chi connectivity index (χ1) is 7.54. The van der Waals surface area contributed by atoms with Crippen molar-refractivity contribution in [1.82, 2.24) is 5.32 Å². The lowest BCUT2D eigenvalue weighted by Crippen LogP contribution is -2.55. The highest BCUT2D eigenvalue weighted by Crippen LogP contribution is 2.40. The van der Waals surface area contributed by atoms with Gasteiger partial charge in [-0.25, -0.2) is 4.79 Å². The number of carboxylic acids is 1. The average Bonchev–Trinajstić information content (AvgIpc) is 2.94. The Hall–Kier alpha value is -0.710. The molecule has 1 saturated carbocycles. The van der Waals surface area contributed by atoms with Crippen LogP contribution in [-0.2, 0) is 9.59 Å². The van der Waals surface area contributed by atoms with Gasteiger partial charge >= 0.3 is 5.97 Å². The van der Waals surface area contributed by atoms with Crippen molar-refractivity contribution < 1.29 is 14.7 Å². The lowest BCUT2D eigenvalue weighted by molar-refractivity contribution is -0.148. The van der Waals surface area contributed by atoms with Crippen LogP contribution in [0.25, 0.3) is 0 Å². The molecular formula is C11H17NO3S. The van der Waals surface area contributed by atoms with Crippen LogP contribution in [0.4, 0.5) is 0 Å². The molecule has 0 aromatic heterocycles. The first-order valence-electron chi connectivity index (χ1n) is 5.67. The van der Waals surface area contributed by atoms with Gasteiger partial charge in [0.2, 0.25) is 5.91 Å². The van der Waals surface area contributed by atoms with Crippen molar-refractivity contribution in [1.29, 1.82) is 0 Å². The summed E-state index contributed by atoms with van der Waals surface area (Å²) in [5.74, 6) is 0.957.